The molecular weight excluding hydrogens is 276 g/mol. The molecule has 102 valence electrons. The van der Waals surface area contributed by atoms with Crippen molar-refractivity contribution < 1.29 is 0 Å². The van der Waals surface area contributed by atoms with Crippen LogP contribution >= 0.6 is 11.6 Å². The van der Waals surface area contributed by atoms with Gasteiger partial charge in [0.15, 0.2) is 5.65 Å². The molecule has 0 aliphatic rings. The summed E-state index contributed by atoms with van der Waals surface area (Å²) < 4.78 is 1.71. The Hall–Kier alpha value is -2.34. The predicted molar refractivity (Wildman–Crippen MR) is 80.6 cm³/mol. The number of nitrogens with zero attached hydrogens (tertiary/aromatic N) is 4. The maximum atomic E-state index is 5.99. The Morgan fingerprint density at radius 2 is 2.10 bits per heavy atom. The van der Waals surface area contributed by atoms with Crippen molar-refractivity contribution in [3.8, 4) is 0 Å². The lowest BCUT2D eigenvalue weighted by molar-refractivity contribution is 0.786. The maximum absolute atomic E-state index is 5.99. The lowest BCUT2D eigenvalue weighted by Crippen LogP contribution is -2.03. The maximum Gasteiger partial charge on any atom is 0.226 e. The van der Waals surface area contributed by atoms with E-state index in [0.29, 0.717) is 16.8 Å². The Morgan fingerprint density at radius 1 is 1.25 bits per heavy atom. The van der Waals surface area contributed by atoms with Gasteiger partial charge in [-0.05, 0) is 18.2 Å². The van der Waals surface area contributed by atoms with Gasteiger partial charge in [-0.15, -0.1) is 0 Å². The van der Waals surface area contributed by atoms with E-state index in [4.69, 9.17) is 11.6 Å². The molecule has 0 radical (unpaired) electrons. The Kier molecular flexibility index (Phi) is 3.15. The molecule has 20 heavy (non-hydrogen) atoms. The van der Waals surface area contributed by atoms with Crippen LogP contribution in [0.5, 0.6) is 0 Å². The highest BCUT2D eigenvalue weighted by Crippen LogP contribution is 2.25. The van der Waals surface area contributed by atoms with Crippen molar-refractivity contribution in [2.45, 2.75) is 0 Å². The summed E-state index contributed by atoms with van der Waals surface area (Å²) in [6, 6.07) is 7.47. The largest absolute Gasteiger partial charge is 0.357 e. The summed E-state index contributed by atoms with van der Waals surface area (Å²) in [5.74, 6) is 1.22. The number of aromatic nitrogens is 4. The number of hydrogen-bond donors (Lipinski definition) is 2. The number of fused-ring (bicyclic) bond motifs is 1. The number of benzene rings is 1. The number of halogens is 1. The van der Waals surface area contributed by atoms with Gasteiger partial charge in [-0.25, -0.2) is 0 Å². The van der Waals surface area contributed by atoms with Gasteiger partial charge in [-0.2, -0.15) is 15.1 Å². The molecule has 1 aromatic carbocycles. The lowest BCUT2D eigenvalue weighted by atomic mass is 10.3. The third kappa shape index (κ3) is 2.25. The summed E-state index contributed by atoms with van der Waals surface area (Å²) in [5.41, 5.74) is 1.62. The molecule has 2 heterocycles. The molecule has 0 bridgehead atoms. The minimum atomic E-state index is 0.533. The van der Waals surface area contributed by atoms with Gasteiger partial charge in [-0.3, -0.25) is 4.68 Å². The van der Waals surface area contributed by atoms with Crippen molar-refractivity contribution in [1.82, 2.24) is 19.7 Å². The van der Waals surface area contributed by atoms with Crippen LogP contribution in [0.15, 0.2) is 30.5 Å². The van der Waals surface area contributed by atoms with Gasteiger partial charge in [0.05, 0.1) is 11.6 Å². The monoisotopic (exact) mass is 288 g/mol. The molecule has 0 atom stereocenters. The third-order valence-corrected chi connectivity index (χ3v) is 3.14. The number of anilines is 3. The molecule has 3 rings (SSSR count). The van der Waals surface area contributed by atoms with Gasteiger partial charge in [0.1, 0.15) is 5.82 Å². The van der Waals surface area contributed by atoms with E-state index in [1.807, 2.05) is 31.3 Å². The quantitative estimate of drug-likeness (QED) is 0.776. The first-order valence-electron chi connectivity index (χ1n) is 6.07. The lowest BCUT2D eigenvalue weighted by Gasteiger charge is -2.09. The molecule has 2 N–H and O–H groups in total. The van der Waals surface area contributed by atoms with Crippen molar-refractivity contribution in [2.24, 2.45) is 7.05 Å². The van der Waals surface area contributed by atoms with Gasteiger partial charge in [-0.1, -0.05) is 17.7 Å². The van der Waals surface area contributed by atoms with Crippen molar-refractivity contribution in [2.75, 3.05) is 17.7 Å². The minimum absolute atomic E-state index is 0.533. The predicted octanol–water partition coefficient (Wildman–Crippen LogP) is 2.80. The van der Waals surface area contributed by atoms with Crippen LogP contribution in [0.2, 0.25) is 5.02 Å². The van der Waals surface area contributed by atoms with E-state index in [9.17, 15) is 0 Å². The van der Waals surface area contributed by atoms with Gasteiger partial charge in [0.2, 0.25) is 5.95 Å². The van der Waals surface area contributed by atoms with E-state index in [2.05, 4.69) is 25.7 Å². The first-order valence-corrected chi connectivity index (χ1v) is 6.45. The Bertz CT molecular complexity index is 767. The Labute approximate surface area is 120 Å². The molecule has 0 amide bonds. The molecular formula is C13H13ClN6. The van der Waals surface area contributed by atoms with Crippen LogP contribution in [-0.4, -0.2) is 26.8 Å². The number of hydrogen-bond acceptors (Lipinski definition) is 5. The van der Waals surface area contributed by atoms with Crippen LogP contribution in [0.4, 0.5) is 17.5 Å². The average Bonchev–Trinajstić information content (AvgIpc) is 2.81. The van der Waals surface area contributed by atoms with Gasteiger partial charge < -0.3 is 10.6 Å². The fraction of sp³-hybridized carbons (Fsp3) is 0.154. The fourth-order valence-electron chi connectivity index (χ4n) is 1.93. The smallest absolute Gasteiger partial charge is 0.226 e. The highest BCUT2D eigenvalue weighted by molar-refractivity contribution is 6.30. The molecule has 0 spiro atoms. The molecule has 0 fully saturated rings. The first-order chi connectivity index (χ1) is 9.67. The minimum Gasteiger partial charge on any atom is -0.357 e. The molecule has 0 saturated carbocycles. The molecule has 6 nitrogen and oxygen atoms in total. The van der Waals surface area contributed by atoms with Crippen molar-refractivity contribution >= 4 is 40.1 Å². The summed E-state index contributed by atoms with van der Waals surface area (Å²) in [5, 5.41) is 11.9. The average molecular weight is 289 g/mol. The fourth-order valence-corrected chi connectivity index (χ4v) is 2.12. The standard InChI is InChI=1S/C13H13ClN6/c1-15-13-18-11(10-7-16-20(2)12(10)19-13)17-9-5-3-4-8(14)6-9/h3-7H,1-2H3,(H2,15,17,18,19). The van der Waals surface area contributed by atoms with E-state index in [1.54, 1.807) is 17.9 Å². The van der Waals surface area contributed by atoms with E-state index in [0.717, 1.165) is 16.7 Å². The zero-order valence-corrected chi connectivity index (χ0v) is 11.8. The number of rotatable bonds is 3. The molecule has 2 aromatic heterocycles. The van der Waals surface area contributed by atoms with E-state index in [1.165, 1.54) is 0 Å². The topological polar surface area (TPSA) is 67.7 Å². The second-order valence-corrected chi connectivity index (χ2v) is 4.72. The van der Waals surface area contributed by atoms with Gasteiger partial charge in [0, 0.05) is 24.8 Å². The molecule has 0 aliphatic carbocycles. The number of nitrogens with one attached hydrogen (secondary N) is 2. The Morgan fingerprint density at radius 3 is 2.85 bits per heavy atom. The van der Waals surface area contributed by atoms with E-state index >= 15 is 0 Å². The normalized spacial score (nSPS) is 10.8. The molecule has 0 unspecified atom stereocenters. The van der Waals surface area contributed by atoms with Crippen LogP contribution in [0, 0.1) is 0 Å². The van der Waals surface area contributed by atoms with Gasteiger partial charge >= 0.3 is 0 Å². The summed E-state index contributed by atoms with van der Waals surface area (Å²) in [6.45, 7) is 0. The van der Waals surface area contributed by atoms with Crippen LogP contribution < -0.4 is 10.6 Å². The molecule has 0 saturated heterocycles. The van der Waals surface area contributed by atoms with Crippen LogP contribution in [0.3, 0.4) is 0 Å². The highest BCUT2D eigenvalue weighted by atomic mass is 35.5. The van der Waals surface area contributed by atoms with Crippen molar-refractivity contribution in [3.63, 3.8) is 0 Å². The molecule has 0 aliphatic heterocycles. The first kappa shape index (κ1) is 12.7. The second-order valence-electron chi connectivity index (χ2n) is 4.29. The number of aryl methyl sites for hydroxylation is 1. The van der Waals surface area contributed by atoms with Crippen LogP contribution in [0.1, 0.15) is 0 Å². The van der Waals surface area contributed by atoms with E-state index in [-0.39, 0.29) is 0 Å². The molecule has 7 heteroatoms. The SMILES string of the molecule is CNc1nc(Nc2cccc(Cl)c2)c2cnn(C)c2n1. The summed E-state index contributed by atoms with van der Waals surface area (Å²) >= 11 is 5.99. The zero-order valence-electron chi connectivity index (χ0n) is 11.1. The van der Waals surface area contributed by atoms with Crippen molar-refractivity contribution in [3.05, 3.63) is 35.5 Å². The Balaban J connectivity index is 2.10. The van der Waals surface area contributed by atoms with Crippen molar-refractivity contribution in [1.29, 1.82) is 0 Å². The summed E-state index contributed by atoms with van der Waals surface area (Å²) in [4.78, 5) is 8.81. The highest BCUT2D eigenvalue weighted by Gasteiger charge is 2.11. The summed E-state index contributed by atoms with van der Waals surface area (Å²) in [7, 11) is 3.62. The van der Waals surface area contributed by atoms with Crippen LogP contribution in [-0.2, 0) is 7.05 Å². The van der Waals surface area contributed by atoms with E-state index < -0.39 is 0 Å². The third-order valence-electron chi connectivity index (χ3n) is 2.90. The zero-order chi connectivity index (χ0) is 14.1. The van der Waals surface area contributed by atoms with Crippen LogP contribution in [0.25, 0.3) is 11.0 Å². The second kappa shape index (κ2) is 4.97. The molecule has 3 aromatic rings. The summed E-state index contributed by atoms with van der Waals surface area (Å²) in [6.07, 6.45) is 1.74. The van der Waals surface area contributed by atoms with Gasteiger partial charge in [0.25, 0.3) is 0 Å².